The third-order valence-electron chi connectivity index (χ3n) is 4.64. The van der Waals surface area contributed by atoms with Gasteiger partial charge in [0.25, 0.3) is 0 Å². The highest BCUT2D eigenvalue weighted by atomic mass is 16.3. The molecule has 0 aliphatic heterocycles. The van der Waals surface area contributed by atoms with E-state index in [2.05, 4.69) is 13.2 Å². The van der Waals surface area contributed by atoms with Crippen LogP contribution in [-0.2, 0) is 12.8 Å². The Balaban J connectivity index is 2.22. The molecule has 2 aromatic carbocycles. The summed E-state index contributed by atoms with van der Waals surface area (Å²) in [5.74, 6) is -0.447. The van der Waals surface area contributed by atoms with Gasteiger partial charge in [-0.2, -0.15) is 0 Å². The average Bonchev–Trinajstić information content (AvgIpc) is 2.65. The number of hydrogen-bond acceptors (Lipinski definition) is 4. The molecular weight excluding hydrogens is 364 g/mol. The summed E-state index contributed by atoms with van der Waals surface area (Å²) in [6.07, 6.45) is 5.68. The molecule has 3 N–H and O–H groups in total. The quantitative estimate of drug-likeness (QED) is 0.290. The second-order valence-corrected chi connectivity index (χ2v) is 7.50. The number of hydrogen-bond donors (Lipinski definition) is 3. The summed E-state index contributed by atoms with van der Waals surface area (Å²) >= 11 is 0. The second-order valence-electron chi connectivity index (χ2n) is 7.50. The van der Waals surface area contributed by atoms with E-state index in [1.807, 2.05) is 19.9 Å². The van der Waals surface area contributed by atoms with E-state index in [0.717, 1.165) is 28.7 Å². The van der Waals surface area contributed by atoms with Crippen molar-refractivity contribution in [1.29, 1.82) is 0 Å². The smallest absolute Gasteiger partial charge is 0.189 e. The zero-order chi connectivity index (χ0) is 21.6. The molecule has 29 heavy (non-hydrogen) atoms. The minimum atomic E-state index is -0.365. The predicted octanol–water partition coefficient (Wildman–Crippen LogP) is 5.72. The van der Waals surface area contributed by atoms with Gasteiger partial charge in [-0.15, -0.1) is 13.2 Å². The number of aryl methyl sites for hydroxylation is 2. The van der Waals surface area contributed by atoms with Crippen LogP contribution in [0.1, 0.15) is 53.7 Å². The number of rotatable bonds is 9. The maximum Gasteiger partial charge on any atom is 0.189 e. The summed E-state index contributed by atoms with van der Waals surface area (Å²) in [4.78, 5) is 12.6. The monoisotopic (exact) mass is 392 g/mol. The maximum absolute atomic E-state index is 12.6. The first-order chi connectivity index (χ1) is 13.7. The van der Waals surface area contributed by atoms with E-state index in [-0.39, 0.29) is 28.6 Å². The van der Waals surface area contributed by atoms with E-state index in [0.29, 0.717) is 24.8 Å². The maximum atomic E-state index is 12.6. The van der Waals surface area contributed by atoms with Crippen molar-refractivity contribution in [3.63, 3.8) is 0 Å². The molecule has 0 amide bonds. The standard InChI is InChI=1S/C25H28O4/c1-16(2)5-9-19-13-18(7-11-22(19)26)8-12-23(27)21-14-20(10-6-17(3)4)24(28)15-25(21)29/h7-8,11-15,26,28-29H,1,3,5-6,9-10H2,2,4H3. The zero-order valence-corrected chi connectivity index (χ0v) is 17.0. The molecule has 0 fully saturated rings. The summed E-state index contributed by atoms with van der Waals surface area (Å²) in [6, 6.07) is 7.88. The fraction of sp³-hybridized carbons (Fsp3) is 0.240. The molecule has 2 aromatic rings. The molecule has 2 rings (SSSR count). The molecule has 0 unspecified atom stereocenters. The van der Waals surface area contributed by atoms with Crippen LogP contribution in [0.4, 0.5) is 0 Å². The first-order valence-electron chi connectivity index (χ1n) is 9.55. The number of carbonyl (C=O) groups excluding carboxylic acids is 1. The molecule has 0 aliphatic carbocycles. The van der Waals surface area contributed by atoms with E-state index >= 15 is 0 Å². The van der Waals surface area contributed by atoms with Crippen molar-refractivity contribution in [2.45, 2.75) is 39.5 Å². The first kappa shape index (κ1) is 22.0. The summed E-state index contributed by atoms with van der Waals surface area (Å²) in [5, 5.41) is 30.1. The summed E-state index contributed by atoms with van der Waals surface area (Å²) in [5.41, 5.74) is 4.29. The van der Waals surface area contributed by atoms with Gasteiger partial charge in [-0.25, -0.2) is 0 Å². The van der Waals surface area contributed by atoms with Gasteiger partial charge in [0.05, 0.1) is 5.56 Å². The Morgan fingerprint density at radius 1 is 0.862 bits per heavy atom. The topological polar surface area (TPSA) is 77.8 Å². The van der Waals surface area contributed by atoms with Gasteiger partial charge in [0.15, 0.2) is 5.78 Å². The van der Waals surface area contributed by atoms with Crippen molar-refractivity contribution in [2.75, 3.05) is 0 Å². The number of phenols is 3. The third-order valence-corrected chi connectivity index (χ3v) is 4.64. The minimum Gasteiger partial charge on any atom is -0.508 e. The molecule has 0 aliphatic rings. The van der Waals surface area contributed by atoms with Crippen molar-refractivity contribution in [3.05, 3.63) is 83.0 Å². The van der Waals surface area contributed by atoms with Gasteiger partial charge in [-0.05, 0) is 80.5 Å². The van der Waals surface area contributed by atoms with Crippen LogP contribution in [0.3, 0.4) is 0 Å². The van der Waals surface area contributed by atoms with E-state index < -0.39 is 0 Å². The summed E-state index contributed by atoms with van der Waals surface area (Å²) in [7, 11) is 0. The van der Waals surface area contributed by atoms with E-state index in [1.54, 1.807) is 18.2 Å². The highest BCUT2D eigenvalue weighted by Gasteiger charge is 2.13. The number of benzene rings is 2. The van der Waals surface area contributed by atoms with Gasteiger partial charge in [0.2, 0.25) is 0 Å². The van der Waals surface area contributed by atoms with Gasteiger partial charge in [-0.3, -0.25) is 4.79 Å². The third kappa shape index (κ3) is 6.39. The van der Waals surface area contributed by atoms with Crippen LogP contribution in [0.25, 0.3) is 6.08 Å². The molecule has 0 saturated carbocycles. The molecule has 0 spiro atoms. The summed E-state index contributed by atoms with van der Waals surface area (Å²) in [6.45, 7) is 11.6. The lowest BCUT2D eigenvalue weighted by Crippen LogP contribution is -1.98. The van der Waals surface area contributed by atoms with Gasteiger partial charge in [0.1, 0.15) is 17.2 Å². The molecular formula is C25H28O4. The second kappa shape index (κ2) is 9.78. The molecule has 152 valence electrons. The Hall–Kier alpha value is -3.27. The molecule has 4 nitrogen and oxygen atoms in total. The number of ketones is 1. The lowest BCUT2D eigenvalue weighted by molar-refractivity contribution is 0.104. The van der Waals surface area contributed by atoms with Gasteiger partial charge in [0, 0.05) is 6.07 Å². The Bertz CT molecular complexity index is 967. The highest BCUT2D eigenvalue weighted by molar-refractivity contribution is 6.08. The molecule has 0 heterocycles. The number of allylic oxidation sites excluding steroid dienone is 3. The van der Waals surface area contributed by atoms with Crippen molar-refractivity contribution in [1.82, 2.24) is 0 Å². The summed E-state index contributed by atoms with van der Waals surface area (Å²) < 4.78 is 0. The number of phenolic OH excluding ortho intramolecular Hbond substituents is 3. The van der Waals surface area contributed by atoms with Crippen LogP contribution in [0.2, 0.25) is 0 Å². The van der Waals surface area contributed by atoms with E-state index in [1.165, 1.54) is 18.2 Å². The van der Waals surface area contributed by atoms with E-state index in [4.69, 9.17) is 0 Å². The van der Waals surface area contributed by atoms with Gasteiger partial charge >= 0.3 is 0 Å². The Morgan fingerprint density at radius 3 is 2.03 bits per heavy atom. The van der Waals surface area contributed by atoms with Crippen molar-refractivity contribution in [2.24, 2.45) is 0 Å². The van der Waals surface area contributed by atoms with Crippen molar-refractivity contribution in [3.8, 4) is 17.2 Å². The van der Waals surface area contributed by atoms with Crippen molar-refractivity contribution >= 4 is 11.9 Å². The van der Waals surface area contributed by atoms with Crippen molar-refractivity contribution < 1.29 is 20.1 Å². The lowest BCUT2D eigenvalue weighted by Gasteiger charge is -2.09. The van der Waals surface area contributed by atoms with Gasteiger partial charge < -0.3 is 15.3 Å². The Morgan fingerprint density at radius 2 is 1.45 bits per heavy atom. The molecule has 0 radical (unpaired) electrons. The fourth-order valence-corrected chi connectivity index (χ4v) is 2.89. The highest BCUT2D eigenvalue weighted by Crippen LogP contribution is 2.30. The SMILES string of the molecule is C=C(C)CCc1cc(C=CC(=O)c2cc(CCC(=C)C)c(O)cc2O)ccc1O. The first-order valence-corrected chi connectivity index (χ1v) is 9.55. The lowest BCUT2D eigenvalue weighted by atomic mass is 9.99. The fourth-order valence-electron chi connectivity index (χ4n) is 2.89. The Kier molecular flexibility index (Phi) is 7.43. The minimum absolute atomic E-state index is 0.0371. The van der Waals surface area contributed by atoms with Crippen LogP contribution >= 0.6 is 0 Å². The predicted molar refractivity (Wildman–Crippen MR) is 118 cm³/mol. The zero-order valence-electron chi connectivity index (χ0n) is 17.0. The van der Waals surface area contributed by atoms with Crippen LogP contribution in [0, 0.1) is 0 Å². The average molecular weight is 392 g/mol. The number of aromatic hydroxyl groups is 3. The molecule has 0 saturated heterocycles. The van der Waals surface area contributed by atoms with E-state index in [9.17, 15) is 20.1 Å². The normalized spacial score (nSPS) is 11.0. The molecule has 4 heteroatoms. The van der Waals surface area contributed by atoms with Gasteiger partial charge in [-0.1, -0.05) is 23.3 Å². The Labute approximate surface area is 172 Å². The number of carbonyl (C=O) groups is 1. The largest absolute Gasteiger partial charge is 0.508 e. The van der Waals surface area contributed by atoms with Crippen LogP contribution in [-0.4, -0.2) is 21.1 Å². The molecule has 0 bridgehead atoms. The molecule has 0 aromatic heterocycles. The van der Waals surface area contributed by atoms with Crippen LogP contribution in [0.5, 0.6) is 17.2 Å². The van der Waals surface area contributed by atoms with Crippen LogP contribution < -0.4 is 0 Å². The van der Waals surface area contributed by atoms with Crippen LogP contribution in [0.15, 0.2) is 60.7 Å². The molecule has 0 atom stereocenters.